The SMILES string of the molecule is CCCCOc1ccc(N[C]=O)cc1. The van der Waals surface area contributed by atoms with Gasteiger partial charge in [0.15, 0.2) is 0 Å². The molecule has 14 heavy (non-hydrogen) atoms. The molecule has 1 amide bonds. The predicted molar refractivity (Wildman–Crippen MR) is 56.2 cm³/mol. The molecule has 0 heterocycles. The van der Waals surface area contributed by atoms with E-state index in [4.69, 9.17) is 4.74 Å². The molecule has 3 heteroatoms. The lowest BCUT2D eigenvalue weighted by molar-refractivity contribution is 0.309. The quantitative estimate of drug-likeness (QED) is 0.555. The van der Waals surface area contributed by atoms with Crippen LogP contribution in [-0.4, -0.2) is 13.0 Å². The highest BCUT2D eigenvalue weighted by Gasteiger charge is 1.94. The van der Waals surface area contributed by atoms with E-state index in [9.17, 15) is 4.79 Å². The van der Waals surface area contributed by atoms with Gasteiger partial charge in [0.2, 0.25) is 0 Å². The van der Waals surface area contributed by atoms with Crippen LogP contribution in [0.5, 0.6) is 5.75 Å². The third kappa shape index (κ3) is 3.47. The minimum atomic E-state index is 0.725. The van der Waals surface area contributed by atoms with Crippen LogP contribution in [-0.2, 0) is 4.79 Å². The van der Waals surface area contributed by atoms with Crippen LogP contribution in [0.25, 0.3) is 0 Å². The summed E-state index contributed by atoms with van der Waals surface area (Å²) in [5.41, 5.74) is 0.725. The molecule has 0 spiro atoms. The van der Waals surface area contributed by atoms with Crippen LogP contribution in [0.2, 0.25) is 0 Å². The summed E-state index contributed by atoms with van der Waals surface area (Å²) >= 11 is 0. The number of amides is 1. The van der Waals surface area contributed by atoms with E-state index in [-0.39, 0.29) is 0 Å². The van der Waals surface area contributed by atoms with Gasteiger partial charge in [-0.15, -0.1) is 0 Å². The van der Waals surface area contributed by atoms with Gasteiger partial charge in [0.25, 0.3) is 0 Å². The van der Waals surface area contributed by atoms with E-state index < -0.39 is 0 Å². The van der Waals surface area contributed by atoms with Gasteiger partial charge < -0.3 is 10.1 Å². The van der Waals surface area contributed by atoms with E-state index >= 15 is 0 Å². The summed E-state index contributed by atoms with van der Waals surface area (Å²) in [4.78, 5) is 10.0. The molecule has 1 aromatic rings. The number of hydrogen-bond donors (Lipinski definition) is 1. The molecular formula is C11H14NO2. The average molecular weight is 192 g/mol. The molecule has 0 aliphatic rings. The average Bonchev–Trinajstić information content (AvgIpc) is 2.21. The smallest absolute Gasteiger partial charge is 0.314 e. The Morgan fingerprint density at radius 2 is 2.07 bits per heavy atom. The fourth-order valence-electron chi connectivity index (χ4n) is 1.03. The van der Waals surface area contributed by atoms with Crippen LogP contribution in [0.3, 0.4) is 0 Å². The summed E-state index contributed by atoms with van der Waals surface area (Å²) in [5, 5.41) is 2.44. The number of anilines is 1. The zero-order valence-corrected chi connectivity index (χ0v) is 8.25. The standard InChI is InChI=1S/C11H14NO2/c1-2-3-8-14-11-6-4-10(5-7-11)12-9-13/h4-7H,2-3,8H2,1H3,(H,12,13). The second-order valence-corrected chi connectivity index (χ2v) is 2.95. The van der Waals surface area contributed by atoms with Gasteiger partial charge in [-0.3, -0.25) is 4.79 Å². The van der Waals surface area contributed by atoms with Crippen molar-refractivity contribution in [1.29, 1.82) is 0 Å². The Bertz CT molecular complexity index is 269. The predicted octanol–water partition coefficient (Wildman–Crippen LogP) is 2.34. The zero-order chi connectivity index (χ0) is 10.2. The lowest BCUT2D eigenvalue weighted by atomic mass is 10.3. The summed E-state index contributed by atoms with van der Waals surface area (Å²) in [7, 11) is 0. The lowest BCUT2D eigenvalue weighted by Gasteiger charge is -2.05. The molecule has 0 fully saturated rings. The van der Waals surface area contributed by atoms with Crippen molar-refractivity contribution in [2.24, 2.45) is 0 Å². The molecule has 75 valence electrons. The van der Waals surface area contributed by atoms with Gasteiger partial charge in [-0.1, -0.05) is 13.3 Å². The van der Waals surface area contributed by atoms with Crippen molar-refractivity contribution >= 4 is 12.1 Å². The van der Waals surface area contributed by atoms with Crippen molar-refractivity contribution in [1.82, 2.24) is 0 Å². The first-order chi connectivity index (χ1) is 6.86. The van der Waals surface area contributed by atoms with Gasteiger partial charge in [0.1, 0.15) is 5.75 Å². The first-order valence-electron chi connectivity index (χ1n) is 4.73. The summed E-state index contributed by atoms with van der Waals surface area (Å²) in [5.74, 6) is 0.829. The largest absolute Gasteiger partial charge is 0.494 e. The highest BCUT2D eigenvalue weighted by molar-refractivity contribution is 5.71. The third-order valence-electron chi connectivity index (χ3n) is 1.82. The minimum absolute atomic E-state index is 0.725. The normalized spacial score (nSPS) is 9.50. The van der Waals surface area contributed by atoms with Crippen molar-refractivity contribution in [3.05, 3.63) is 24.3 Å². The van der Waals surface area contributed by atoms with Gasteiger partial charge in [-0.2, -0.15) is 0 Å². The Labute approximate surface area is 84.1 Å². The first kappa shape index (κ1) is 10.6. The first-order valence-corrected chi connectivity index (χ1v) is 4.73. The molecule has 0 aliphatic carbocycles. The Morgan fingerprint density at radius 3 is 2.64 bits per heavy atom. The van der Waals surface area contributed by atoms with E-state index in [1.165, 1.54) is 0 Å². The van der Waals surface area contributed by atoms with E-state index in [1.807, 2.05) is 12.1 Å². The maximum absolute atomic E-state index is 10.0. The van der Waals surface area contributed by atoms with E-state index in [0.29, 0.717) is 0 Å². The van der Waals surface area contributed by atoms with Crippen molar-refractivity contribution in [2.75, 3.05) is 11.9 Å². The number of carbonyl (C=O) groups excluding carboxylic acids is 1. The van der Waals surface area contributed by atoms with Gasteiger partial charge in [-0.05, 0) is 30.7 Å². The molecule has 0 saturated heterocycles. The molecule has 0 aromatic heterocycles. The topological polar surface area (TPSA) is 38.3 Å². The maximum atomic E-state index is 10.0. The number of rotatable bonds is 6. The van der Waals surface area contributed by atoms with Crippen molar-refractivity contribution in [2.45, 2.75) is 19.8 Å². The molecule has 0 aliphatic heterocycles. The third-order valence-corrected chi connectivity index (χ3v) is 1.82. The number of benzene rings is 1. The molecule has 0 bridgehead atoms. The molecular weight excluding hydrogens is 178 g/mol. The molecule has 3 nitrogen and oxygen atoms in total. The highest BCUT2D eigenvalue weighted by Crippen LogP contribution is 2.15. The number of hydrogen-bond acceptors (Lipinski definition) is 2. The van der Waals surface area contributed by atoms with E-state index in [1.54, 1.807) is 18.5 Å². The van der Waals surface area contributed by atoms with Gasteiger partial charge >= 0.3 is 6.41 Å². The molecule has 0 unspecified atom stereocenters. The Balaban J connectivity index is 2.42. The second-order valence-electron chi connectivity index (χ2n) is 2.95. The van der Waals surface area contributed by atoms with Crippen LogP contribution in [0.15, 0.2) is 24.3 Å². The van der Waals surface area contributed by atoms with Crippen LogP contribution >= 0.6 is 0 Å². The lowest BCUT2D eigenvalue weighted by Crippen LogP contribution is -1.97. The summed E-state index contributed by atoms with van der Waals surface area (Å²) in [6, 6.07) is 7.23. The monoisotopic (exact) mass is 192 g/mol. The van der Waals surface area contributed by atoms with Crippen molar-refractivity contribution in [3.63, 3.8) is 0 Å². The second kappa shape index (κ2) is 6.02. The Kier molecular flexibility index (Phi) is 4.55. The summed E-state index contributed by atoms with van der Waals surface area (Å²) in [6.45, 7) is 2.86. The van der Waals surface area contributed by atoms with E-state index in [2.05, 4.69) is 12.2 Å². The van der Waals surface area contributed by atoms with E-state index in [0.717, 1.165) is 30.9 Å². The molecule has 1 N–H and O–H groups in total. The van der Waals surface area contributed by atoms with Crippen LogP contribution in [0, 0.1) is 0 Å². The molecule has 1 aromatic carbocycles. The van der Waals surface area contributed by atoms with Gasteiger partial charge in [0, 0.05) is 5.69 Å². The van der Waals surface area contributed by atoms with Gasteiger partial charge in [0.05, 0.1) is 6.61 Å². The Morgan fingerprint density at radius 1 is 1.36 bits per heavy atom. The highest BCUT2D eigenvalue weighted by atomic mass is 16.5. The van der Waals surface area contributed by atoms with Crippen LogP contribution in [0.1, 0.15) is 19.8 Å². The van der Waals surface area contributed by atoms with Crippen LogP contribution < -0.4 is 10.1 Å². The fourth-order valence-corrected chi connectivity index (χ4v) is 1.03. The number of ether oxygens (including phenoxy) is 1. The number of unbranched alkanes of at least 4 members (excludes halogenated alkanes) is 1. The summed E-state index contributed by atoms with van der Waals surface area (Å²) in [6.07, 6.45) is 3.80. The molecule has 1 radical (unpaired) electrons. The van der Waals surface area contributed by atoms with Gasteiger partial charge in [-0.25, -0.2) is 0 Å². The Hall–Kier alpha value is -1.51. The molecule has 0 atom stereocenters. The van der Waals surface area contributed by atoms with Crippen LogP contribution in [0.4, 0.5) is 5.69 Å². The molecule has 1 rings (SSSR count). The van der Waals surface area contributed by atoms with Crippen molar-refractivity contribution < 1.29 is 9.53 Å². The minimum Gasteiger partial charge on any atom is -0.494 e. The maximum Gasteiger partial charge on any atom is 0.314 e. The summed E-state index contributed by atoms with van der Waals surface area (Å²) < 4.78 is 5.45. The fraction of sp³-hybridized carbons (Fsp3) is 0.364. The zero-order valence-electron chi connectivity index (χ0n) is 8.25. The van der Waals surface area contributed by atoms with Crippen molar-refractivity contribution in [3.8, 4) is 5.75 Å². The number of nitrogens with one attached hydrogen (secondary N) is 1. The molecule has 0 saturated carbocycles.